The summed E-state index contributed by atoms with van der Waals surface area (Å²) in [4.78, 5) is 11.0. The Bertz CT molecular complexity index is 211. The second kappa shape index (κ2) is 10.8. The van der Waals surface area contributed by atoms with E-state index in [0.29, 0.717) is 13.0 Å². The Morgan fingerprint density at radius 3 is 2.93 bits per heavy atom. The van der Waals surface area contributed by atoms with Gasteiger partial charge in [0, 0.05) is 42.1 Å². The zero-order chi connectivity index (χ0) is 10.6. The minimum absolute atomic E-state index is 0.226. The van der Waals surface area contributed by atoms with Gasteiger partial charge in [-0.15, -0.1) is 0 Å². The number of hydrogen-bond acceptors (Lipinski definition) is 4. The lowest BCUT2D eigenvalue weighted by atomic mass is 10.5. The highest BCUT2D eigenvalue weighted by molar-refractivity contribution is 14.1. The highest BCUT2D eigenvalue weighted by atomic mass is 127. The van der Waals surface area contributed by atoms with E-state index < -0.39 is 0 Å². The number of nitrogens with one attached hydrogen (secondary N) is 2. The van der Waals surface area contributed by atoms with Crippen LogP contribution >= 0.6 is 22.6 Å². The molecule has 0 rings (SSSR count). The van der Waals surface area contributed by atoms with Gasteiger partial charge in [0.15, 0.2) is 0 Å². The molecule has 0 aliphatic carbocycles. The van der Waals surface area contributed by atoms with Crippen LogP contribution in [0, 0.1) is 9.85 Å². The first-order valence-electron chi connectivity index (χ1n) is 4.40. The summed E-state index contributed by atoms with van der Waals surface area (Å²) in [5, 5.41) is 5.92. The van der Waals surface area contributed by atoms with E-state index in [1.165, 1.54) is 0 Å². The van der Waals surface area contributed by atoms with Crippen molar-refractivity contribution < 1.29 is 9.53 Å². The molecule has 14 heavy (non-hydrogen) atoms. The minimum atomic E-state index is -0.226. The average molecular weight is 310 g/mol. The second-order valence-electron chi connectivity index (χ2n) is 2.52. The SMILES string of the molecule is CNCCNCC(=O)OCCC#CI. The van der Waals surface area contributed by atoms with Crippen molar-refractivity contribution in [3.05, 3.63) is 0 Å². The van der Waals surface area contributed by atoms with E-state index in [4.69, 9.17) is 4.74 Å². The molecule has 0 aliphatic rings. The maximum atomic E-state index is 11.0. The van der Waals surface area contributed by atoms with Crippen LogP contribution in [0.1, 0.15) is 6.42 Å². The van der Waals surface area contributed by atoms with Crippen LogP contribution in [0.15, 0.2) is 0 Å². The van der Waals surface area contributed by atoms with Crippen molar-refractivity contribution in [3.8, 4) is 9.85 Å². The van der Waals surface area contributed by atoms with Crippen LogP contribution in [0.25, 0.3) is 0 Å². The minimum Gasteiger partial charge on any atom is -0.464 e. The van der Waals surface area contributed by atoms with E-state index in [2.05, 4.69) is 20.5 Å². The van der Waals surface area contributed by atoms with Crippen LogP contribution in [0.2, 0.25) is 0 Å². The lowest BCUT2D eigenvalue weighted by molar-refractivity contribution is -0.142. The summed E-state index contributed by atoms with van der Waals surface area (Å²) in [6.45, 7) is 2.24. The molecular weight excluding hydrogens is 295 g/mol. The Morgan fingerprint density at radius 1 is 1.50 bits per heavy atom. The van der Waals surface area contributed by atoms with Crippen molar-refractivity contribution in [1.82, 2.24) is 10.6 Å². The summed E-state index contributed by atoms with van der Waals surface area (Å²) in [5.74, 6) is 2.58. The van der Waals surface area contributed by atoms with E-state index >= 15 is 0 Å². The van der Waals surface area contributed by atoms with Gasteiger partial charge in [0.2, 0.25) is 0 Å². The quantitative estimate of drug-likeness (QED) is 0.304. The molecule has 0 bridgehead atoms. The van der Waals surface area contributed by atoms with Crippen molar-refractivity contribution in [2.45, 2.75) is 6.42 Å². The summed E-state index contributed by atoms with van der Waals surface area (Å²) in [6, 6.07) is 0. The molecule has 0 atom stereocenters. The van der Waals surface area contributed by atoms with Gasteiger partial charge in [-0.2, -0.15) is 0 Å². The molecule has 0 saturated heterocycles. The van der Waals surface area contributed by atoms with Crippen LogP contribution in [0.4, 0.5) is 0 Å². The van der Waals surface area contributed by atoms with Crippen molar-refractivity contribution in [3.63, 3.8) is 0 Å². The number of rotatable bonds is 7. The van der Waals surface area contributed by atoms with Gasteiger partial charge in [0.05, 0.1) is 6.54 Å². The molecule has 5 heteroatoms. The molecule has 0 aromatic carbocycles. The Labute approximate surface area is 98.3 Å². The number of ether oxygens (including phenoxy) is 1. The van der Waals surface area contributed by atoms with Crippen molar-refractivity contribution >= 4 is 28.6 Å². The number of halogens is 1. The summed E-state index contributed by atoms with van der Waals surface area (Å²) in [5.41, 5.74) is 0. The third kappa shape index (κ3) is 9.77. The smallest absolute Gasteiger partial charge is 0.319 e. The van der Waals surface area contributed by atoms with E-state index in [-0.39, 0.29) is 12.5 Å². The molecule has 0 saturated carbocycles. The molecule has 0 aliphatic heterocycles. The van der Waals surface area contributed by atoms with Crippen molar-refractivity contribution in [2.24, 2.45) is 0 Å². The van der Waals surface area contributed by atoms with Crippen LogP contribution in [0.3, 0.4) is 0 Å². The van der Waals surface area contributed by atoms with E-state index in [1.807, 2.05) is 29.6 Å². The fourth-order valence-corrected chi connectivity index (χ4v) is 0.988. The molecule has 2 N–H and O–H groups in total. The van der Waals surface area contributed by atoms with Gasteiger partial charge in [-0.1, -0.05) is 5.92 Å². The summed E-state index contributed by atoms with van der Waals surface area (Å²) in [7, 11) is 1.86. The van der Waals surface area contributed by atoms with Crippen molar-refractivity contribution in [2.75, 3.05) is 33.3 Å². The molecule has 0 radical (unpaired) electrons. The van der Waals surface area contributed by atoms with Gasteiger partial charge in [-0.3, -0.25) is 4.79 Å². The van der Waals surface area contributed by atoms with Crippen molar-refractivity contribution in [1.29, 1.82) is 0 Å². The first-order valence-corrected chi connectivity index (χ1v) is 5.48. The van der Waals surface area contributed by atoms with Crippen LogP contribution in [-0.2, 0) is 9.53 Å². The molecule has 0 aromatic heterocycles. The Kier molecular flexibility index (Phi) is 10.5. The van der Waals surface area contributed by atoms with Gasteiger partial charge in [-0.05, 0) is 11.0 Å². The van der Waals surface area contributed by atoms with Gasteiger partial charge >= 0.3 is 5.97 Å². The van der Waals surface area contributed by atoms with Gasteiger partial charge in [0.1, 0.15) is 6.61 Å². The lowest BCUT2D eigenvalue weighted by Gasteiger charge is -2.04. The first-order chi connectivity index (χ1) is 6.81. The zero-order valence-corrected chi connectivity index (χ0v) is 10.4. The average Bonchev–Trinajstić information content (AvgIpc) is 2.19. The number of hydrogen-bond donors (Lipinski definition) is 2. The highest BCUT2D eigenvalue weighted by Crippen LogP contribution is 1.83. The van der Waals surface area contributed by atoms with Crippen LogP contribution < -0.4 is 10.6 Å². The maximum Gasteiger partial charge on any atom is 0.319 e. The maximum absolute atomic E-state index is 11.0. The Hall–Kier alpha value is -0.320. The predicted molar refractivity (Wildman–Crippen MR) is 64.2 cm³/mol. The van der Waals surface area contributed by atoms with Gasteiger partial charge in [0.25, 0.3) is 0 Å². The summed E-state index contributed by atoms with van der Waals surface area (Å²) >= 11 is 1.96. The molecule has 0 heterocycles. The largest absolute Gasteiger partial charge is 0.464 e. The highest BCUT2D eigenvalue weighted by Gasteiger charge is 1.99. The topological polar surface area (TPSA) is 50.4 Å². The standard InChI is InChI=1S/C9H15IN2O2/c1-11-5-6-12-8-9(13)14-7-3-2-4-10/h11-12H,3,5-8H2,1H3. The normalized spacial score (nSPS) is 9.00. The van der Waals surface area contributed by atoms with Crippen LogP contribution in [0.5, 0.6) is 0 Å². The zero-order valence-electron chi connectivity index (χ0n) is 8.23. The summed E-state index contributed by atoms with van der Waals surface area (Å²) in [6.07, 6.45) is 0.602. The fourth-order valence-electron chi connectivity index (χ4n) is 0.718. The van der Waals surface area contributed by atoms with Gasteiger partial charge in [-0.25, -0.2) is 0 Å². The number of likely N-dealkylation sites (N-methyl/N-ethyl adjacent to an activating group) is 1. The van der Waals surface area contributed by atoms with E-state index in [1.54, 1.807) is 0 Å². The molecule has 0 spiro atoms. The van der Waals surface area contributed by atoms with E-state index in [0.717, 1.165) is 13.1 Å². The van der Waals surface area contributed by atoms with Crippen LogP contribution in [-0.4, -0.2) is 39.3 Å². The molecule has 4 nitrogen and oxygen atoms in total. The lowest BCUT2D eigenvalue weighted by Crippen LogP contribution is -2.30. The number of esters is 1. The fraction of sp³-hybridized carbons (Fsp3) is 0.667. The molecule has 80 valence electrons. The molecular formula is C9H15IN2O2. The monoisotopic (exact) mass is 310 g/mol. The predicted octanol–water partition coefficient (Wildman–Crippen LogP) is 0.125. The third-order valence-electron chi connectivity index (χ3n) is 1.38. The molecule has 0 aromatic rings. The Morgan fingerprint density at radius 2 is 2.29 bits per heavy atom. The molecule has 0 fully saturated rings. The first kappa shape index (κ1) is 13.7. The molecule has 0 unspecified atom stereocenters. The number of carbonyl (C=O) groups excluding carboxylic acids is 1. The Balaban J connectivity index is 3.22. The van der Waals surface area contributed by atoms with E-state index in [9.17, 15) is 4.79 Å². The molecule has 0 amide bonds. The third-order valence-corrected chi connectivity index (χ3v) is 1.76. The second-order valence-corrected chi connectivity index (χ2v) is 3.06. The van der Waals surface area contributed by atoms with Gasteiger partial charge < -0.3 is 15.4 Å². The summed E-state index contributed by atoms with van der Waals surface area (Å²) < 4.78 is 7.60. The number of carbonyl (C=O) groups is 1.